The first-order valence-electron chi connectivity index (χ1n) is 10.5. The van der Waals surface area contributed by atoms with Crippen molar-refractivity contribution in [1.82, 2.24) is 0 Å². The summed E-state index contributed by atoms with van der Waals surface area (Å²) in [4.78, 5) is 2.25. The summed E-state index contributed by atoms with van der Waals surface area (Å²) in [7, 11) is 6.62. The number of anilines is 3. The minimum atomic E-state index is -11.2. The third-order valence-electron chi connectivity index (χ3n) is 4.35. The average Bonchev–Trinajstić information content (AvgIpc) is 2.71. The SMILES string of the molecule is C[N+](C)(C)CCCOc1cccc(N(c2ccccc2)c2ccccc2)c1.[F][Sb-]([F])([F])([F])([F])[F]. The summed E-state index contributed by atoms with van der Waals surface area (Å²) < 4.78 is 66.5. The standard InChI is InChI=1S/C24H29N2O.6FH.Sb/c1-26(2,3)18-11-19-27-24-17-10-16-23(20-24)25(21-12-6-4-7-13-21)22-14-8-5-9-15-22;;;;;;;/h4-10,12-17,20H,11,18-19H2,1-3H3;6*1H;/q+1;;;;;;;+5/p-6. The summed E-state index contributed by atoms with van der Waals surface area (Å²) in [6.45, 7) is 1.83. The molecule has 188 valence electrons. The zero-order valence-corrected chi connectivity index (χ0v) is 21.8. The molecule has 0 fully saturated rings. The summed E-state index contributed by atoms with van der Waals surface area (Å²) in [5.41, 5.74) is 3.35. The van der Waals surface area contributed by atoms with Gasteiger partial charge in [-0.3, -0.25) is 0 Å². The van der Waals surface area contributed by atoms with Crippen molar-refractivity contribution in [3.05, 3.63) is 84.9 Å². The van der Waals surface area contributed by atoms with E-state index in [1.54, 1.807) is 0 Å². The Morgan fingerprint density at radius 2 is 1.12 bits per heavy atom. The maximum atomic E-state index is 9.93. The van der Waals surface area contributed by atoms with Gasteiger partial charge in [-0.1, -0.05) is 42.5 Å². The number of hydrogen-bond acceptors (Lipinski definition) is 2. The molecule has 3 nitrogen and oxygen atoms in total. The number of quaternary nitrogens is 1. The first-order valence-corrected chi connectivity index (χ1v) is 16.3. The molecule has 3 aromatic rings. The second-order valence-electron chi connectivity index (χ2n) is 8.68. The molecule has 0 aliphatic heterocycles. The first-order chi connectivity index (χ1) is 15.5. The molecule has 0 aromatic heterocycles. The van der Waals surface area contributed by atoms with Gasteiger partial charge in [0.15, 0.2) is 0 Å². The van der Waals surface area contributed by atoms with E-state index in [2.05, 4.69) is 92.8 Å². The van der Waals surface area contributed by atoms with Gasteiger partial charge in [0.1, 0.15) is 5.75 Å². The van der Waals surface area contributed by atoms with E-state index in [4.69, 9.17) is 4.74 Å². The number of ether oxygens (including phenoxy) is 1. The Labute approximate surface area is 198 Å². The Bertz CT molecular complexity index is 989. The molecule has 0 saturated carbocycles. The molecule has 3 rings (SSSR count). The average molecular weight is 597 g/mol. The zero-order valence-electron chi connectivity index (χ0n) is 19.2. The van der Waals surface area contributed by atoms with Crippen molar-refractivity contribution in [3.63, 3.8) is 0 Å². The van der Waals surface area contributed by atoms with Crippen molar-refractivity contribution in [3.8, 4) is 5.75 Å². The molecule has 0 aliphatic carbocycles. The molecule has 3 aromatic carbocycles. The predicted octanol–water partition coefficient (Wildman–Crippen LogP) is 7.77. The van der Waals surface area contributed by atoms with Crippen LogP contribution in [0.1, 0.15) is 6.42 Å². The van der Waals surface area contributed by atoms with Crippen LogP contribution in [-0.4, -0.2) is 58.3 Å². The van der Waals surface area contributed by atoms with Crippen molar-refractivity contribution in [2.45, 2.75) is 6.42 Å². The molecule has 0 heterocycles. The van der Waals surface area contributed by atoms with E-state index in [9.17, 15) is 16.9 Å². The molecule has 34 heavy (non-hydrogen) atoms. The van der Waals surface area contributed by atoms with Crippen molar-refractivity contribution in [1.29, 1.82) is 0 Å². The molecule has 0 aliphatic rings. The molecular formula is C24H29F6N2OSb. The van der Waals surface area contributed by atoms with Crippen LogP contribution in [0, 0.1) is 0 Å². The van der Waals surface area contributed by atoms with E-state index >= 15 is 0 Å². The molecule has 0 atom stereocenters. The number of benzene rings is 3. The van der Waals surface area contributed by atoms with E-state index in [0.717, 1.165) is 46.9 Å². The number of halogens is 6. The van der Waals surface area contributed by atoms with E-state index in [0.29, 0.717) is 0 Å². The molecule has 0 saturated heterocycles. The zero-order chi connectivity index (χ0) is 25.5. The number of hydrogen-bond donors (Lipinski definition) is 0. The van der Waals surface area contributed by atoms with Gasteiger partial charge in [-0.25, -0.2) is 0 Å². The molecule has 0 bridgehead atoms. The third kappa shape index (κ3) is 12.7. The number of nitrogens with zero attached hydrogens (tertiary/aromatic N) is 2. The summed E-state index contributed by atoms with van der Waals surface area (Å²) in [6, 6.07) is 29.2. The Kier molecular flexibility index (Phi) is 8.26. The Morgan fingerprint density at radius 1 is 0.676 bits per heavy atom. The van der Waals surface area contributed by atoms with E-state index in [1.807, 2.05) is 18.2 Å². The van der Waals surface area contributed by atoms with Gasteiger partial charge in [-0.05, 0) is 36.4 Å². The van der Waals surface area contributed by atoms with Gasteiger partial charge in [0, 0.05) is 29.5 Å². The quantitative estimate of drug-likeness (QED) is 0.114. The van der Waals surface area contributed by atoms with Gasteiger partial charge < -0.3 is 14.1 Å². The van der Waals surface area contributed by atoms with Crippen LogP contribution in [0.2, 0.25) is 0 Å². The normalized spacial score (nSPS) is 13.7. The van der Waals surface area contributed by atoms with Crippen molar-refractivity contribution in [2.24, 2.45) is 0 Å². The van der Waals surface area contributed by atoms with Crippen molar-refractivity contribution >= 4 is 36.5 Å². The molecule has 0 unspecified atom stereocenters. The van der Waals surface area contributed by atoms with Crippen LogP contribution in [0.5, 0.6) is 5.75 Å². The van der Waals surface area contributed by atoms with Crippen LogP contribution in [-0.2, 0) is 0 Å². The number of para-hydroxylation sites is 2. The van der Waals surface area contributed by atoms with Crippen LogP contribution >= 0.6 is 0 Å². The fourth-order valence-corrected chi connectivity index (χ4v) is 3.04. The summed E-state index contributed by atoms with van der Waals surface area (Å²) in [6.07, 6.45) is 1.04. The summed E-state index contributed by atoms with van der Waals surface area (Å²) in [5, 5.41) is 0. The monoisotopic (exact) mass is 596 g/mol. The molecule has 0 radical (unpaired) electrons. The summed E-state index contributed by atoms with van der Waals surface area (Å²) in [5.74, 6) is 0.908. The minimum absolute atomic E-state index is 0.732. The van der Waals surface area contributed by atoms with E-state index in [1.165, 1.54) is 0 Å². The molecule has 0 N–H and O–H groups in total. The Hall–Kier alpha value is -2.38. The fraction of sp³-hybridized carbons (Fsp3) is 0.250. The molecule has 10 heteroatoms. The molecule has 0 amide bonds. The second-order valence-corrected chi connectivity index (χ2v) is 14.1. The maximum absolute atomic E-state index is 11.2. The summed E-state index contributed by atoms with van der Waals surface area (Å²) >= 11 is -11.2. The second kappa shape index (κ2) is 10.1. The number of rotatable bonds is 8. The van der Waals surface area contributed by atoms with Crippen molar-refractivity contribution < 1.29 is 26.1 Å². The van der Waals surface area contributed by atoms with Crippen LogP contribution in [0.15, 0.2) is 84.9 Å². The third-order valence-corrected chi connectivity index (χ3v) is 4.35. The van der Waals surface area contributed by atoms with Gasteiger partial charge >= 0.3 is 36.4 Å². The van der Waals surface area contributed by atoms with Crippen LogP contribution in [0.25, 0.3) is 0 Å². The van der Waals surface area contributed by atoms with Gasteiger partial charge in [0.05, 0.1) is 34.3 Å². The van der Waals surface area contributed by atoms with Crippen molar-refractivity contribution in [2.75, 3.05) is 39.2 Å². The van der Waals surface area contributed by atoms with Gasteiger partial charge in [0.2, 0.25) is 0 Å². The topological polar surface area (TPSA) is 12.5 Å². The van der Waals surface area contributed by atoms with Crippen LogP contribution in [0.3, 0.4) is 0 Å². The molecular weight excluding hydrogens is 568 g/mol. The predicted molar refractivity (Wildman–Crippen MR) is 127 cm³/mol. The van der Waals surface area contributed by atoms with Gasteiger partial charge in [-0.2, -0.15) is 0 Å². The van der Waals surface area contributed by atoms with Crippen LogP contribution < -0.4 is 9.64 Å². The first kappa shape index (κ1) is 27.9. The molecule has 0 spiro atoms. The Morgan fingerprint density at radius 3 is 1.56 bits per heavy atom. The Balaban J connectivity index is 0.000000509. The van der Waals surface area contributed by atoms with Gasteiger partial charge in [-0.15, -0.1) is 0 Å². The van der Waals surface area contributed by atoms with E-state index in [-0.39, 0.29) is 0 Å². The van der Waals surface area contributed by atoms with E-state index < -0.39 is 19.5 Å². The van der Waals surface area contributed by atoms with Crippen LogP contribution in [0.4, 0.5) is 33.9 Å². The van der Waals surface area contributed by atoms with Gasteiger partial charge in [0.25, 0.3) is 0 Å². The fourth-order valence-electron chi connectivity index (χ4n) is 3.04.